The molecule has 0 spiro atoms. The van der Waals surface area contributed by atoms with Crippen LogP contribution in [0.3, 0.4) is 0 Å². The van der Waals surface area contributed by atoms with Crippen molar-refractivity contribution < 1.29 is 14.4 Å². The van der Waals surface area contributed by atoms with Gasteiger partial charge in [0.1, 0.15) is 12.1 Å². The zero-order valence-electron chi connectivity index (χ0n) is 28.7. The molecule has 3 amide bonds. The molecule has 0 bridgehead atoms. The zero-order chi connectivity index (χ0) is 33.3. The normalized spacial score (nSPS) is 18.2. The second-order valence-corrected chi connectivity index (χ2v) is 14.0. The van der Waals surface area contributed by atoms with E-state index in [1.54, 1.807) is 30.0 Å². The molecular weight excluding hydrogens is 584 g/mol. The van der Waals surface area contributed by atoms with Gasteiger partial charge in [-0.2, -0.15) is 0 Å². The smallest absolute Gasteiger partial charge is 0.246 e. The molecule has 0 unspecified atom stereocenters. The van der Waals surface area contributed by atoms with Crippen LogP contribution in [0.25, 0.3) is 10.8 Å². The van der Waals surface area contributed by atoms with Gasteiger partial charge in [0.2, 0.25) is 17.7 Å². The summed E-state index contributed by atoms with van der Waals surface area (Å²) in [6.45, 7) is 2.31. The molecule has 7 nitrogen and oxygen atoms in total. The van der Waals surface area contributed by atoms with E-state index in [0.29, 0.717) is 37.8 Å². The number of hydrogen-bond donors (Lipinski definition) is 0. The fourth-order valence-corrected chi connectivity index (χ4v) is 7.10. The number of hydrogen-bond acceptors (Lipinski definition) is 4. The second-order valence-electron chi connectivity index (χ2n) is 14.0. The standard InChI is InChI=1S/C40H52N4O3/c1-41(2)28-33-18-12-24-44(29-33)40(47)37(26-31-13-6-5-7-14-31)43(4)39(46)36(42(3)38(45)21-11-17-30-15-10-16-30)27-32-22-23-34-19-8-9-20-35(34)25-32/h5-9,11,13-14,19-23,25,30,33,36-37H,10,12,15-18,24,26-29H2,1-4H3/t33-,36+,37+/m0/s1. The Bertz CT molecular complexity index is 1530. The van der Waals surface area contributed by atoms with Gasteiger partial charge in [0.25, 0.3) is 0 Å². The third kappa shape index (κ3) is 9.10. The number of fused-ring (bicyclic) bond motifs is 1. The molecule has 0 N–H and O–H groups in total. The van der Waals surface area contributed by atoms with E-state index in [1.807, 2.05) is 59.5 Å². The zero-order valence-corrected chi connectivity index (χ0v) is 28.7. The third-order valence-corrected chi connectivity index (χ3v) is 10.1. The summed E-state index contributed by atoms with van der Waals surface area (Å²) in [6, 6.07) is 22.9. The van der Waals surface area contributed by atoms with Gasteiger partial charge >= 0.3 is 0 Å². The van der Waals surface area contributed by atoms with E-state index in [-0.39, 0.29) is 17.7 Å². The van der Waals surface area contributed by atoms with Gasteiger partial charge in [-0.05, 0) is 73.2 Å². The van der Waals surface area contributed by atoms with Crippen LogP contribution in [0.1, 0.15) is 49.7 Å². The fraction of sp³-hybridized carbons (Fsp3) is 0.475. The van der Waals surface area contributed by atoms with Crippen LogP contribution < -0.4 is 0 Å². The molecule has 3 atom stereocenters. The molecule has 7 heteroatoms. The highest BCUT2D eigenvalue weighted by Crippen LogP contribution is 2.29. The molecule has 5 rings (SSSR count). The van der Waals surface area contributed by atoms with Gasteiger partial charge in [0, 0.05) is 46.6 Å². The lowest BCUT2D eigenvalue weighted by molar-refractivity contribution is -0.150. The number of carbonyl (C=O) groups is 3. The lowest BCUT2D eigenvalue weighted by Crippen LogP contribution is -2.57. The number of rotatable bonds is 13. The van der Waals surface area contributed by atoms with Crippen LogP contribution in [0, 0.1) is 11.8 Å². The molecule has 3 aromatic rings. The predicted molar refractivity (Wildman–Crippen MR) is 190 cm³/mol. The maximum Gasteiger partial charge on any atom is 0.246 e. The molecule has 1 aliphatic carbocycles. The van der Waals surface area contributed by atoms with Crippen LogP contribution in [0.5, 0.6) is 0 Å². The number of amides is 3. The Morgan fingerprint density at radius 2 is 1.45 bits per heavy atom. The van der Waals surface area contributed by atoms with Crippen LogP contribution in [0.15, 0.2) is 84.9 Å². The molecule has 0 aromatic heterocycles. The molecule has 1 saturated heterocycles. The number of allylic oxidation sites excluding steroid dienone is 1. The molecule has 1 aliphatic heterocycles. The minimum absolute atomic E-state index is 0.0213. The van der Waals surface area contributed by atoms with Crippen molar-refractivity contribution in [2.45, 2.75) is 63.5 Å². The van der Waals surface area contributed by atoms with Crippen molar-refractivity contribution in [3.63, 3.8) is 0 Å². The molecular formula is C40H52N4O3. The van der Waals surface area contributed by atoms with E-state index in [0.717, 1.165) is 47.7 Å². The third-order valence-electron chi connectivity index (χ3n) is 10.1. The topological polar surface area (TPSA) is 64.2 Å². The first kappa shape index (κ1) is 34.4. The van der Waals surface area contributed by atoms with E-state index < -0.39 is 12.1 Å². The molecule has 1 heterocycles. The Hall–Kier alpha value is -3.97. The maximum absolute atomic E-state index is 14.7. The van der Waals surface area contributed by atoms with Crippen molar-refractivity contribution in [2.24, 2.45) is 11.8 Å². The number of likely N-dealkylation sites (tertiary alicyclic amines) is 1. The summed E-state index contributed by atoms with van der Waals surface area (Å²) in [4.78, 5) is 49.9. The van der Waals surface area contributed by atoms with E-state index in [1.165, 1.54) is 19.3 Å². The van der Waals surface area contributed by atoms with Crippen molar-refractivity contribution in [3.05, 3.63) is 96.1 Å². The molecule has 1 saturated carbocycles. The number of benzene rings is 3. The summed E-state index contributed by atoms with van der Waals surface area (Å²) in [5.74, 6) is 0.620. The summed E-state index contributed by atoms with van der Waals surface area (Å²) in [7, 11) is 7.61. The van der Waals surface area contributed by atoms with E-state index in [9.17, 15) is 14.4 Å². The van der Waals surface area contributed by atoms with Crippen LogP contribution >= 0.6 is 0 Å². The van der Waals surface area contributed by atoms with E-state index >= 15 is 0 Å². The lowest BCUT2D eigenvalue weighted by Gasteiger charge is -2.39. The van der Waals surface area contributed by atoms with Gasteiger partial charge in [0.05, 0.1) is 0 Å². The summed E-state index contributed by atoms with van der Waals surface area (Å²) >= 11 is 0. The minimum atomic E-state index is -0.768. The summed E-state index contributed by atoms with van der Waals surface area (Å²) in [5, 5.41) is 2.22. The quantitative estimate of drug-likeness (QED) is 0.222. The Kier molecular flexibility index (Phi) is 11.9. The summed E-state index contributed by atoms with van der Waals surface area (Å²) < 4.78 is 0. The first-order valence-electron chi connectivity index (χ1n) is 17.3. The van der Waals surface area contributed by atoms with Crippen molar-refractivity contribution >= 4 is 28.5 Å². The lowest BCUT2D eigenvalue weighted by atomic mass is 9.83. The van der Waals surface area contributed by atoms with Gasteiger partial charge in [-0.15, -0.1) is 0 Å². The Balaban J connectivity index is 1.42. The van der Waals surface area contributed by atoms with Gasteiger partial charge in [-0.1, -0.05) is 98.1 Å². The SMILES string of the molecule is CN(C)C[C@@H]1CCCN(C(=O)[C@@H](Cc2ccccc2)N(C)C(=O)[C@@H](Cc2ccc3ccccc3c2)N(C)C(=O)C=CCC2CCC2)C1. The highest BCUT2D eigenvalue weighted by molar-refractivity contribution is 5.95. The number of carbonyl (C=O) groups excluding carboxylic acids is 3. The van der Waals surface area contributed by atoms with Crippen molar-refractivity contribution in [1.82, 2.24) is 19.6 Å². The number of nitrogens with zero attached hydrogens (tertiary/aromatic N) is 4. The molecule has 0 radical (unpaired) electrons. The van der Waals surface area contributed by atoms with Crippen LogP contribution in [-0.2, 0) is 27.2 Å². The van der Waals surface area contributed by atoms with Crippen LogP contribution in [0.4, 0.5) is 0 Å². The van der Waals surface area contributed by atoms with Crippen LogP contribution in [0.2, 0.25) is 0 Å². The number of likely N-dealkylation sites (N-methyl/N-ethyl adjacent to an activating group) is 2. The predicted octanol–water partition coefficient (Wildman–Crippen LogP) is 5.83. The fourth-order valence-electron chi connectivity index (χ4n) is 7.10. The second kappa shape index (κ2) is 16.2. The minimum Gasteiger partial charge on any atom is -0.341 e. The van der Waals surface area contributed by atoms with E-state index in [2.05, 4.69) is 43.3 Å². The average molecular weight is 637 g/mol. The van der Waals surface area contributed by atoms with Crippen molar-refractivity contribution in [1.29, 1.82) is 0 Å². The Morgan fingerprint density at radius 3 is 2.15 bits per heavy atom. The maximum atomic E-state index is 14.7. The molecule has 47 heavy (non-hydrogen) atoms. The molecule has 2 aliphatic rings. The molecule has 3 aromatic carbocycles. The summed E-state index contributed by atoms with van der Waals surface area (Å²) in [6.07, 6.45) is 11.0. The molecule has 2 fully saturated rings. The largest absolute Gasteiger partial charge is 0.341 e. The average Bonchev–Trinajstić information content (AvgIpc) is 3.06. The van der Waals surface area contributed by atoms with Gasteiger partial charge in [0.15, 0.2) is 0 Å². The molecule has 250 valence electrons. The van der Waals surface area contributed by atoms with Crippen LogP contribution in [-0.4, -0.2) is 97.2 Å². The van der Waals surface area contributed by atoms with Crippen molar-refractivity contribution in [2.75, 3.05) is 47.8 Å². The highest BCUT2D eigenvalue weighted by atomic mass is 16.2. The Morgan fingerprint density at radius 1 is 0.766 bits per heavy atom. The monoisotopic (exact) mass is 636 g/mol. The van der Waals surface area contributed by atoms with Gasteiger partial charge < -0.3 is 19.6 Å². The summed E-state index contributed by atoms with van der Waals surface area (Å²) in [5.41, 5.74) is 1.98. The Labute approximate surface area is 281 Å². The van der Waals surface area contributed by atoms with Gasteiger partial charge in [-0.25, -0.2) is 0 Å². The first-order chi connectivity index (χ1) is 22.7. The highest BCUT2D eigenvalue weighted by Gasteiger charge is 2.37. The van der Waals surface area contributed by atoms with Crippen molar-refractivity contribution in [3.8, 4) is 0 Å². The van der Waals surface area contributed by atoms with E-state index in [4.69, 9.17) is 0 Å². The first-order valence-corrected chi connectivity index (χ1v) is 17.3. The number of piperidine rings is 1. The van der Waals surface area contributed by atoms with Gasteiger partial charge in [-0.3, -0.25) is 14.4 Å².